The first-order chi connectivity index (χ1) is 10.7. The molecule has 1 atom stereocenters. The summed E-state index contributed by atoms with van der Waals surface area (Å²) in [6, 6.07) is 8.11. The Hall–Kier alpha value is -2.17. The molecule has 0 spiro atoms. The van der Waals surface area contributed by atoms with Gasteiger partial charge in [-0.3, -0.25) is 4.99 Å². The van der Waals surface area contributed by atoms with Gasteiger partial charge >= 0.3 is 0 Å². The maximum absolute atomic E-state index is 5.92. The highest BCUT2D eigenvalue weighted by atomic mass is 16.5. The first-order valence-corrected chi connectivity index (χ1v) is 7.64. The lowest BCUT2D eigenvalue weighted by atomic mass is 10.2. The molecule has 22 heavy (non-hydrogen) atoms. The minimum atomic E-state index is -0.00319. The molecule has 0 fully saturated rings. The van der Waals surface area contributed by atoms with Gasteiger partial charge in [-0.1, -0.05) is 24.3 Å². The monoisotopic (exact) mass is 303 g/mol. The molecular weight excluding hydrogens is 278 g/mol. The highest BCUT2D eigenvalue weighted by molar-refractivity contribution is 5.80. The molecule has 0 saturated carbocycles. The molecule has 1 aliphatic carbocycles. The first kappa shape index (κ1) is 16.2. The number of methoxy groups -OCH3 is 1. The Kier molecular flexibility index (Phi) is 6.13. The lowest BCUT2D eigenvalue weighted by molar-refractivity contribution is 0.213. The number of nitrogens with one attached hydrogen (secondary N) is 2. The van der Waals surface area contributed by atoms with Crippen LogP contribution in [0.1, 0.15) is 19.8 Å². The molecule has 1 aromatic rings. The summed E-state index contributed by atoms with van der Waals surface area (Å²) < 4.78 is 11.2. The zero-order chi connectivity index (χ0) is 15.8. The highest BCUT2D eigenvalue weighted by Crippen LogP contribution is 2.26. The molecule has 1 aliphatic rings. The number of guanidine groups is 1. The van der Waals surface area contributed by atoms with Crippen LogP contribution in [-0.2, 0) is 0 Å². The SMILES string of the molecule is CN=C(NCC(C)Oc1ccccc1OC)NC1CC=CC1. The lowest BCUT2D eigenvalue weighted by Gasteiger charge is -2.20. The average Bonchev–Trinajstić information content (AvgIpc) is 3.05. The third kappa shape index (κ3) is 4.69. The van der Waals surface area contributed by atoms with Gasteiger partial charge in [0.2, 0.25) is 0 Å². The number of aliphatic imine (C=N–C) groups is 1. The fourth-order valence-corrected chi connectivity index (χ4v) is 2.34. The molecule has 0 radical (unpaired) electrons. The van der Waals surface area contributed by atoms with Crippen LogP contribution in [0.15, 0.2) is 41.4 Å². The maximum atomic E-state index is 5.92. The topological polar surface area (TPSA) is 54.9 Å². The molecule has 0 heterocycles. The number of para-hydroxylation sites is 2. The second kappa shape index (κ2) is 8.32. The van der Waals surface area contributed by atoms with Gasteiger partial charge in [0, 0.05) is 13.1 Å². The maximum Gasteiger partial charge on any atom is 0.191 e. The van der Waals surface area contributed by atoms with Crippen LogP contribution in [-0.4, -0.2) is 38.8 Å². The first-order valence-electron chi connectivity index (χ1n) is 7.64. The molecule has 0 bridgehead atoms. The van der Waals surface area contributed by atoms with Crippen LogP contribution in [0.5, 0.6) is 11.5 Å². The summed E-state index contributed by atoms with van der Waals surface area (Å²) >= 11 is 0. The van der Waals surface area contributed by atoms with Gasteiger partial charge in [-0.15, -0.1) is 0 Å². The van der Waals surface area contributed by atoms with Crippen LogP contribution in [0.3, 0.4) is 0 Å². The van der Waals surface area contributed by atoms with Crippen LogP contribution >= 0.6 is 0 Å². The number of ether oxygens (including phenoxy) is 2. The number of benzene rings is 1. The van der Waals surface area contributed by atoms with Gasteiger partial charge in [-0.25, -0.2) is 0 Å². The molecule has 0 amide bonds. The van der Waals surface area contributed by atoms with Gasteiger partial charge in [0.1, 0.15) is 6.10 Å². The summed E-state index contributed by atoms with van der Waals surface area (Å²) in [6.07, 6.45) is 6.48. The quantitative estimate of drug-likeness (QED) is 0.481. The van der Waals surface area contributed by atoms with E-state index in [9.17, 15) is 0 Å². The predicted molar refractivity (Wildman–Crippen MR) is 89.7 cm³/mol. The number of rotatable bonds is 6. The zero-order valence-electron chi connectivity index (χ0n) is 13.5. The van der Waals surface area contributed by atoms with E-state index in [-0.39, 0.29) is 6.10 Å². The molecule has 0 aliphatic heterocycles. The molecule has 2 N–H and O–H groups in total. The summed E-state index contributed by atoms with van der Waals surface area (Å²) in [7, 11) is 3.43. The Morgan fingerprint density at radius 3 is 2.59 bits per heavy atom. The molecule has 0 aromatic heterocycles. The third-order valence-corrected chi connectivity index (χ3v) is 3.53. The van der Waals surface area contributed by atoms with E-state index in [0.29, 0.717) is 12.6 Å². The van der Waals surface area contributed by atoms with E-state index in [0.717, 1.165) is 30.3 Å². The third-order valence-electron chi connectivity index (χ3n) is 3.53. The van der Waals surface area contributed by atoms with Crippen molar-refractivity contribution in [1.29, 1.82) is 0 Å². The predicted octanol–water partition coefficient (Wildman–Crippen LogP) is 2.35. The van der Waals surface area contributed by atoms with Gasteiger partial charge in [0.25, 0.3) is 0 Å². The van der Waals surface area contributed by atoms with Gasteiger partial charge in [-0.05, 0) is 31.9 Å². The van der Waals surface area contributed by atoms with Crippen molar-refractivity contribution >= 4 is 5.96 Å². The van der Waals surface area contributed by atoms with Gasteiger partial charge in [-0.2, -0.15) is 0 Å². The van der Waals surface area contributed by atoms with E-state index in [1.165, 1.54) is 0 Å². The number of hydrogen-bond donors (Lipinski definition) is 2. The van der Waals surface area contributed by atoms with Crippen LogP contribution < -0.4 is 20.1 Å². The number of nitrogens with zero attached hydrogens (tertiary/aromatic N) is 1. The highest BCUT2D eigenvalue weighted by Gasteiger charge is 2.13. The minimum Gasteiger partial charge on any atom is -0.493 e. The average molecular weight is 303 g/mol. The van der Waals surface area contributed by atoms with Gasteiger partial charge in [0.05, 0.1) is 13.7 Å². The van der Waals surface area contributed by atoms with E-state index in [1.807, 2.05) is 31.2 Å². The normalized spacial score (nSPS) is 16.4. The van der Waals surface area contributed by atoms with Crippen molar-refractivity contribution in [3.8, 4) is 11.5 Å². The van der Waals surface area contributed by atoms with Crippen molar-refractivity contribution in [2.45, 2.75) is 31.9 Å². The molecule has 5 heteroatoms. The van der Waals surface area contributed by atoms with Crippen molar-refractivity contribution in [2.75, 3.05) is 20.7 Å². The second-order valence-electron chi connectivity index (χ2n) is 5.32. The van der Waals surface area contributed by atoms with Crippen molar-refractivity contribution < 1.29 is 9.47 Å². The summed E-state index contributed by atoms with van der Waals surface area (Å²) in [6.45, 7) is 2.68. The van der Waals surface area contributed by atoms with Crippen molar-refractivity contribution in [3.63, 3.8) is 0 Å². The summed E-state index contributed by atoms with van der Waals surface area (Å²) in [5, 5.41) is 6.70. The molecule has 120 valence electrons. The lowest BCUT2D eigenvalue weighted by Crippen LogP contribution is -2.45. The van der Waals surface area contributed by atoms with E-state index in [2.05, 4.69) is 27.8 Å². The Morgan fingerprint density at radius 1 is 1.27 bits per heavy atom. The molecular formula is C17H25N3O2. The van der Waals surface area contributed by atoms with Crippen LogP contribution in [0.4, 0.5) is 0 Å². The fraction of sp³-hybridized carbons (Fsp3) is 0.471. The Bertz CT molecular complexity index is 520. The molecule has 1 aromatic carbocycles. The Labute approximate surface area is 132 Å². The molecule has 0 saturated heterocycles. The summed E-state index contributed by atoms with van der Waals surface area (Å²) in [5.74, 6) is 2.31. The van der Waals surface area contributed by atoms with Crippen LogP contribution in [0, 0.1) is 0 Å². The Balaban J connectivity index is 1.79. The largest absolute Gasteiger partial charge is 0.493 e. The number of hydrogen-bond acceptors (Lipinski definition) is 3. The molecule has 1 unspecified atom stereocenters. The standard InChI is InChI=1S/C17H25N3O2/c1-13(22-16-11-7-6-10-15(16)21-3)12-19-17(18-2)20-14-8-4-5-9-14/h4-7,10-11,13-14H,8-9,12H2,1-3H3,(H2,18,19,20). The van der Waals surface area contributed by atoms with Crippen molar-refractivity contribution in [3.05, 3.63) is 36.4 Å². The van der Waals surface area contributed by atoms with E-state index >= 15 is 0 Å². The van der Waals surface area contributed by atoms with Crippen molar-refractivity contribution in [2.24, 2.45) is 4.99 Å². The van der Waals surface area contributed by atoms with Crippen LogP contribution in [0.2, 0.25) is 0 Å². The molecule has 2 rings (SSSR count). The Morgan fingerprint density at radius 2 is 1.95 bits per heavy atom. The van der Waals surface area contributed by atoms with Gasteiger partial charge in [0.15, 0.2) is 17.5 Å². The van der Waals surface area contributed by atoms with E-state index in [4.69, 9.17) is 9.47 Å². The second-order valence-corrected chi connectivity index (χ2v) is 5.32. The fourth-order valence-electron chi connectivity index (χ4n) is 2.34. The van der Waals surface area contributed by atoms with Crippen molar-refractivity contribution in [1.82, 2.24) is 10.6 Å². The summed E-state index contributed by atoms with van der Waals surface area (Å²) in [5.41, 5.74) is 0. The van der Waals surface area contributed by atoms with Gasteiger partial charge < -0.3 is 20.1 Å². The zero-order valence-corrected chi connectivity index (χ0v) is 13.5. The summed E-state index contributed by atoms with van der Waals surface area (Å²) in [4.78, 5) is 4.25. The smallest absolute Gasteiger partial charge is 0.191 e. The minimum absolute atomic E-state index is 0.00319. The van der Waals surface area contributed by atoms with Crippen LogP contribution in [0.25, 0.3) is 0 Å². The van der Waals surface area contributed by atoms with E-state index < -0.39 is 0 Å². The molecule has 5 nitrogen and oxygen atoms in total. The van der Waals surface area contributed by atoms with E-state index in [1.54, 1.807) is 14.2 Å².